The summed E-state index contributed by atoms with van der Waals surface area (Å²) in [6.45, 7) is 5.95. The number of hydrazone groups is 1. The minimum absolute atomic E-state index is 0.408. The van der Waals surface area contributed by atoms with Gasteiger partial charge in [0.05, 0.1) is 15.2 Å². The maximum atomic E-state index is 11.9. The summed E-state index contributed by atoms with van der Waals surface area (Å²) in [6.07, 6.45) is 3.22. The first-order chi connectivity index (χ1) is 12.0. The summed E-state index contributed by atoms with van der Waals surface area (Å²) in [5.74, 6) is 0.683. The molecular formula is C18H17Br2N3O2. The number of urea groups is 1. The number of nitrogens with one attached hydrogen (secondary N) is 2. The summed E-state index contributed by atoms with van der Waals surface area (Å²) < 4.78 is 7.10. The maximum absolute atomic E-state index is 11.9. The van der Waals surface area contributed by atoms with Crippen LogP contribution in [0.3, 0.4) is 0 Å². The molecule has 0 aliphatic heterocycles. The van der Waals surface area contributed by atoms with E-state index in [9.17, 15) is 4.79 Å². The van der Waals surface area contributed by atoms with E-state index in [1.165, 1.54) is 0 Å². The third kappa shape index (κ3) is 5.72. The zero-order valence-corrected chi connectivity index (χ0v) is 16.7. The summed E-state index contributed by atoms with van der Waals surface area (Å²) in [5, 5.41) is 6.70. The van der Waals surface area contributed by atoms with Crippen LogP contribution in [0.2, 0.25) is 0 Å². The Balaban J connectivity index is 1.98. The van der Waals surface area contributed by atoms with E-state index in [-0.39, 0.29) is 0 Å². The van der Waals surface area contributed by atoms with Crippen LogP contribution < -0.4 is 15.5 Å². The first kappa shape index (κ1) is 19.2. The molecule has 0 bridgehead atoms. The Labute approximate surface area is 163 Å². The van der Waals surface area contributed by atoms with Gasteiger partial charge >= 0.3 is 6.03 Å². The second-order valence-corrected chi connectivity index (χ2v) is 6.76. The van der Waals surface area contributed by atoms with Gasteiger partial charge < -0.3 is 10.1 Å². The Morgan fingerprint density at radius 1 is 1.28 bits per heavy atom. The van der Waals surface area contributed by atoms with Crippen molar-refractivity contribution < 1.29 is 9.53 Å². The molecule has 130 valence electrons. The molecule has 0 aromatic heterocycles. The number of benzene rings is 2. The fraction of sp³-hybridized carbons (Fsp3) is 0.111. The lowest BCUT2D eigenvalue weighted by atomic mass is 10.2. The lowest BCUT2D eigenvalue weighted by Crippen LogP contribution is -2.24. The van der Waals surface area contributed by atoms with Crippen molar-refractivity contribution in [2.75, 3.05) is 11.9 Å². The van der Waals surface area contributed by atoms with E-state index in [2.05, 4.69) is 54.3 Å². The smallest absolute Gasteiger partial charge is 0.339 e. The number of halogens is 2. The highest BCUT2D eigenvalue weighted by molar-refractivity contribution is 9.11. The van der Waals surface area contributed by atoms with Gasteiger partial charge in [0.15, 0.2) is 0 Å². The standard InChI is InChI=1S/C18H17Br2N3O2/c1-3-8-25-17-14(19)9-13(10-15(17)20)11-21-23-18(24)22-16-7-5-4-6-12(16)2/h3-7,9-11H,1,8H2,2H3,(H2,22,23,24). The molecule has 0 aliphatic rings. The third-order valence-corrected chi connectivity index (χ3v) is 4.32. The molecule has 0 radical (unpaired) electrons. The number of carbonyl (C=O) groups excluding carboxylic acids is 1. The van der Waals surface area contributed by atoms with Gasteiger partial charge in [-0.05, 0) is 68.1 Å². The van der Waals surface area contributed by atoms with Crippen LogP contribution in [0.15, 0.2) is 63.1 Å². The molecule has 2 rings (SSSR count). The Bertz CT molecular complexity index is 784. The Morgan fingerprint density at radius 3 is 2.60 bits per heavy atom. The number of anilines is 1. The highest BCUT2D eigenvalue weighted by Gasteiger charge is 2.08. The predicted molar refractivity (Wildman–Crippen MR) is 108 cm³/mol. The van der Waals surface area contributed by atoms with Gasteiger partial charge in [-0.2, -0.15) is 5.10 Å². The highest BCUT2D eigenvalue weighted by Crippen LogP contribution is 2.34. The summed E-state index contributed by atoms with van der Waals surface area (Å²) >= 11 is 6.90. The van der Waals surface area contributed by atoms with E-state index in [4.69, 9.17) is 4.74 Å². The van der Waals surface area contributed by atoms with E-state index in [1.807, 2.05) is 43.3 Å². The van der Waals surface area contributed by atoms with Gasteiger partial charge in [0.1, 0.15) is 12.4 Å². The quantitative estimate of drug-likeness (QED) is 0.347. The molecule has 0 heterocycles. The predicted octanol–water partition coefficient (Wildman–Crippen LogP) is 5.24. The zero-order valence-electron chi connectivity index (χ0n) is 13.6. The van der Waals surface area contributed by atoms with E-state index >= 15 is 0 Å². The number of carbonyl (C=O) groups is 1. The van der Waals surface area contributed by atoms with Crippen LogP contribution in [-0.2, 0) is 0 Å². The summed E-state index contributed by atoms with van der Waals surface area (Å²) in [5.41, 5.74) is 4.95. The molecule has 2 amide bonds. The van der Waals surface area contributed by atoms with Gasteiger partial charge in [0, 0.05) is 5.69 Å². The average molecular weight is 467 g/mol. The molecule has 0 spiro atoms. The normalized spacial score (nSPS) is 10.5. The first-order valence-electron chi connectivity index (χ1n) is 7.39. The molecule has 0 unspecified atom stereocenters. The van der Waals surface area contributed by atoms with Crippen LogP contribution >= 0.6 is 31.9 Å². The van der Waals surface area contributed by atoms with Crippen molar-refractivity contribution in [3.8, 4) is 5.75 Å². The number of hydrogen-bond acceptors (Lipinski definition) is 3. The number of aryl methyl sites for hydroxylation is 1. The fourth-order valence-corrected chi connectivity index (χ4v) is 3.41. The van der Waals surface area contributed by atoms with Crippen molar-refractivity contribution in [3.63, 3.8) is 0 Å². The van der Waals surface area contributed by atoms with Crippen LogP contribution in [0.5, 0.6) is 5.75 Å². The van der Waals surface area contributed by atoms with Gasteiger partial charge in [0.25, 0.3) is 0 Å². The minimum atomic E-state index is -0.408. The molecule has 0 fully saturated rings. The number of para-hydroxylation sites is 1. The van der Waals surface area contributed by atoms with Gasteiger partial charge in [-0.1, -0.05) is 30.9 Å². The molecule has 2 N–H and O–H groups in total. The molecule has 0 saturated carbocycles. The largest absolute Gasteiger partial charge is 0.487 e. The van der Waals surface area contributed by atoms with Crippen LogP contribution in [0, 0.1) is 6.92 Å². The zero-order chi connectivity index (χ0) is 18.2. The Morgan fingerprint density at radius 2 is 1.96 bits per heavy atom. The van der Waals surface area contributed by atoms with Crippen LogP contribution in [-0.4, -0.2) is 18.9 Å². The van der Waals surface area contributed by atoms with E-state index in [0.717, 1.165) is 25.8 Å². The monoisotopic (exact) mass is 465 g/mol. The molecule has 5 nitrogen and oxygen atoms in total. The van der Waals surface area contributed by atoms with Crippen molar-refractivity contribution >= 4 is 49.8 Å². The van der Waals surface area contributed by atoms with Crippen LogP contribution in [0.4, 0.5) is 10.5 Å². The van der Waals surface area contributed by atoms with Gasteiger partial charge in [-0.25, -0.2) is 10.2 Å². The third-order valence-electron chi connectivity index (χ3n) is 3.14. The van der Waals surface area contributed by atoms with Crippen molar-refractivity contribution in [1.82, 2.24) is 5.43 Å². The number of hydrogen-bond donors (Lipinski definition) is 2. The maximum Gasteiger partial charge on any atom is 0.339 e. The first-order valence-corrected chi connectivity index (χ1v) is 8.98. The second kappa shape index (κ2) is 9.39. The molecule has 7 heteroatoms. The molecular weight excluding hydrogens is 450 g/mol. The number of amides is 2. The van der Waals surface area contributed by atoms with E-state index < -0.39 is 6.03 Å². The summed E-state index contributed by atoms with van der Waals surface area (Å²) in [7, 11) is 0. The molecule has 0 aliphatic carbocycles. The van der Waals surface area contributed by atoms with Gasteiger partial charge in [-0.3, -0.25) is 0 Å². The molecule has 2 aromatic carbocycles. The number of ether oxygens (including phenoxy) is 1. The molecule has 0 atom stereocenters. The number of nitrogens with zero attached hydrogens (tertiary/aromatic N) is 1. The minimum Gasteiger partial charge on any atom is -0.487 e. The van der Waals surface area contributed by atoms with Gasteiger partial charge in [0.2, 0.25) is 0 Å². The van der Waals surface area contributed by atoms with Crippen LogP contribution in [0.25, 0.3) is 0 Å². The molecule has 2 aromatic rings. The van der Waals surface area contributed by atoms with Crippen LogP contribution in [0.1, 0.15) is 11.1 Å². The van der Waals surface area contributed by atoms with Crippen molar-refractivity contribution in [3.05, 3.63) is 69.1 Å². The van der Waals surface area contributed by atoms with Gasteiger partial charge in [-0.15, -0.1) is 0 Å². The molecule has 0 saturated heterocycles. The van der Waals surface area contributed by atoms with E-state index in [1.54, 1.807) is 12.3 Å². The summed E-state index contributed by atoms with van der Waals surface area (Å²) in [4.78, 5) is 11.9. The highest BCUT2D eigenvalue weighted by atomic mass is 79.9. The lowest BCUT2D eigenvalue weighted by molar-refractivity contribution is 0.252. The Hall–Kier alpha value is -2.12. The molecule has 25 heavy (non-hydrogen) atoms. The Kier molecular flexibility index (Phi) is 7.21. The average Bonchev–Trinajstić information content (AvgIpc) is 2.56. The van der Waals surface area contributed by atoms with Crippen molar-refractivity contribution in [2.45, 2.75) is 6.92 Å². The van der Waals surface area contributed by atoms with Crippen molar-refractivity contribution in [2.24, 2.45) is 5.10 Å². The van der Waals surface area contributed by atoms with E-state index in [0.29, 0.717) is 12.4 Å². The fourth-order valence-electron chi connectivity index (χ4n) is 1.96. The SMILES string of the molecule is C=CCOc1c(Br)cc(C=NNC(=O)Nc2ccccc2C)cc1Br. The lowest BCUT2D eigenvalue weighted by Gasteiger charge is -2.09. The second-order valence-electron chi connectivity index (χ2n) is 5.05. The topological polar surface area (TPSA) is 62.7 Å². The number of rotatable bonds is 6. The summed E-state index contributed by atoms with van der Waals surface area (Å²) in [6, 6.07) is 10.8. The van der Waals surface area contributed by atoms with Crippen molar-refractivity contribution in [1.29, 1.82) is 0 Å².